The van der Waals surface area contributed by atoms with E-state index in [0.717, 1.165) is 16.3 Å². The minimum atomic E-state index is -0.160. The molecule has 68 valence electrons. The Bertz CT molecular complexity index is 668. The van der Waals surface area contributed by atoms with E-state index < -0.39 is 0 Å². The second kappa shape index (κ2) is 2.65. The van der Waals surface area contributed by atoms with E-state index in [1.165, 1.54) is 4.70 Å². The predicted octanol–water partition coefficient (Wildman–Crippen LogP) is 2.14. The van der Waals surface area contributed by atoms with Crippen molar-refractivity contribution in [1.82, 2.24) is 10.2 Å². The Morgan fingerprint density at radius 3 is 3.14 bits per heavy atom. The van der Waals surface area contributed by atoms with E-state index >= 15 is 0 Å². The first-order chi connectivity index (χ1) is 6.84. The van der Waals surface area contributed by atoms with Crippen LogP contribution in [0.5, 0.6) is 0 Å². The molecule has 1 aromatic carbocycles. The highest BCUT2D eigenvalue weighted by molar-refractivity contribution is 7.17. The molecule has 3 nitrogen and oxygen atoms in total. The number of fused-ring (bicyclic) bond motifs is 3. The number of benzene rings is 1. The van der Waals surface area contributed by atoms with Gasteiger partial charge in [0.15, 0.2) is 0 Å². The van der Waals surface area contributed by atoms with Crippen LogP contribution in [0, 0.1) is 0 Å². The molecule has 0 bridgehead atoms. The van der Waals surface area contributed by atoms with Crippen molar-refractivity contribution in [3.63, 3.8) is 0 Å². The van der Waals surface area contributed by atoms with Crippen LogP contribution >= 0.6 is 11.3 Å². The molecule has 2 heterocycles. The van der Waals surface area contributed by atoms with E-state index in [1.807, 2.05) is 23.6 Å². The lowest BCUT2D eigenvalue weighted by molar-refractivity contribution is 1.03. The largest absolute Gasteiger partial charge is 0.268 e. The van der Waals surface area contributed by atoms with E-state index in [-0.39, 0.29) is 5.56 Å². The molecule has 0 aliphatic heterocycles. The van der Waals surface area contributed by atoms with Gasteiger partial charge in [-0.1, -0.05) is 6.07 Å². The second-order valence-electron chi connectivity index (χ2n) is 3.07. The molecule has 4 heteroatoms. The summed E-state index contributed by atoms with van der Waals surface area (Å²) in [7, 11) is 0. The van der Waals surface area contributed by atoms with Gasteiger partial charge in [-0.2, -0.15) is 5.10 Å². The molecule has 3 rings (SSSR count). The molecule has 0 radical (unpaired) electrons. The Balaban J connectivity index is 2.63. The highest BCUT2D eigenvalue weighted by Gasteiger charge is 2.02. The zero-order valence-electron chi connectivity index (χ0n) is 7.15. The third kappa shape index (κ3) is 0.975. The predicted molar refractivity (Wildman–Crippen MR) is 57.7 cm³/mol. The Morgan fingerprint density at radius 2 is 2.21 bits per heavy atom. The number of hydrogen-bond acceptors (Lipinski definition) is 3. The average Bonchev–Trinajstić information content (AvgIpc) is 2.65. The Kier molecular flexibility index (Phi) is 1.46. The van der Waals surface area contributed by atoms with Crippen LogP contribution in [0.4, 0.5) is 0 Å². The summed E-state index contributed by atoms with van der Waals surface area (Å²) in [5.74, 6) is 0. The average molecular weight is 202 g/mol. The second-order valence-corrected chi connectivity index (χ2v) is 4.02. The molecule has 0 spiro atoms. The quantitative estimate of drug-likeness (QED) is 0.607. The highest BCUT2D eigenvalue weighted by Crippen LogP contribution is 2.26. The van der Waals surface area contributed by atoms with Gasteiger partial charge in [0.1, 0.15) is 0 Å². The van der Waals surface area contributed by atoms with Crippen LogP contribution in [-0.4, -0.2) is 10.2 Å². The van der Waals surface area contributed by atoms with Gasteiger partial charge in [-0.15, -0.1) is 11.3 Å². The van der Waals surface area contributed by atoms with Crippen molar-refractivity contribution in [2.24, 2.45) is 0 Å². The van der Waals surface area contributed by atoms with E-state index in [4.69, 9.17) is 0 Å². The molecule has 0 saturated heterocycles. The molecule has 0 atom stereocenters. The Hall–Kier alpha value is -1.68. The zero-order valence-corrected chi connectivity index (χ0v) is 7.97. The van der Waals surface area contributed by atoms with Crippen LogP contribution in [0.2, 0.25) is 0 Å². The van der Waals surface area contributed by atoms with Gasteiger partial charge in [-0.05, 0) is 17.5 Å². The fraction of sp³-hybridized carbons (Fsp3) is 0. The molecule has 0 amide bonds. The Morgan fingerprint density at radius 1 is 1.29 bits per heavy atom. The maximum Gasteiger partial charge on any atom is 0.264 e. The van der Waals surface area contributed by atoms with Gasteiger partial charge in [0, 0.05) is 21.5 Å². The van der Waals surface area contributed by atoms with Crippen LogP contribution in [0.25, 0.3) is 21.0 Å². The van der Waals surface area contributed by atoms with Gasteiger partial charge < -0.3 is 0 Å². The first kappa shape index (κ1) is 7.70. The first-order valence-electron chi connectivity index (χ1n) is 4.20. The summed E-state index contributed by atoms with van der Waals surface area (Å²) >= 11 is 1.67. The Labute approximate surface area is 83.0 Å². The summed E-state index contributed by atoms with van der Waals surface area (Å²) in [6, 6.07) is 7.53. The lowest BCUT2D eigenvalue weighted by Gasteiger charge is -1.96. The lowest BCUT2D eigenvalue weighted by atomic mass is 10.2. The van der Waals surface area contributed by atoms with Gasteiger partial charge in [0.2, 0.25) is 0 Å². The molecule has 14 heavy (non-hydrogen) atoms. The van der Waals surface area contributed by atoms with Crippen molar-refractivity contribution in [2.45, 2.75) is 0 Å². The maximum absolute atomic E-state index is 11.0. The molecule has 0 aliphatic rings. The summed E-state index contributed by atoms with van der Waals surface area (Å²) in [5, 5.41) is 10.5. The monoisotopic (exact) mass is 202 g/mol. The van der Waals surface area contributed by atoms with Crippen molar-refractivity contribution in [1.29, 1.82) is 0 Å². The van der Waals surface area contributed by atoms with Gasteiger partial charge in [-0.3, -0.25) is 4.79 Å². The van der Waals surface area contributed by atoms with E-state index in [9.17, 15) is 4.79 Å². The minimum Gasteiger partial charge on any atom is -0.268 e. The first-order valence-corrected chi connectivity index (χ1v) is 5.08. The highest BCUT2D eigenvalue weighted by atomic mass is 32.1. The summed E-state index contributed by atoms with van der Waals surface area (Å²) in [6.07, 6.45) is 0. The molecule has 0 unspecified atom stereocenters. The van der Waals surface area contributed by atoms with E-state index in [0.29, 0.717) is 0 Å². The van der Waals surface area contributed by atoms with Crippen molar-refractivity contribution >= 4 is 32.3 Å². The van der Waals surface area contributed by atoms with Gasteiger partial charge in [-0.25, -0.2) is 5.10 Å². The maximum atomic E-state index is 11.0. The van der Waals surface area contributed by atoms with E-state index in [1.54, 1.807) is 17.4 Å². The van der Waals surface area contributed by atoms with Crippen LogP contribution < -0.4 is 5.56 Å². The molecular weight excluding hydrogens is 196 g/mol. The number of nitrogens with zero attached hydrogens (tertiary/aromatic N) is 1. The smallest absolute Gasteiger partial charge is 0.264 e. The summed E-state index contributed by atoms with van der Waals surface area (Å²) in [6.45, 7) is 0. The molecule has 2 aromatic heterocycles. The standard InChI is InChI=1S/C10H6N2OS/c13-9-5-6-1-2-8-7(3-4-14-8)10(6)12-11-9/h1-5H,(H,11,13). The molecule has 0 saturated carbocycles. The molecule has 0 fully saturated rings. The van der Waals surface area contributed by atoms with Crippen LogP contribution in [0.15, 0.2) is 34.4 Å². The van der Waals surface area contributed by atoms with E-state index in [2.05, 4.69) is 10.2 Å². The number of aromatic amines is 1. The normalized spacial score (nSPS) is 11.1. The summed E-state index contributed by atoms with van der Waals surface area (Å²) in [5.41, 5.74) is 0.704. The van der Waals surface area contributed by atoms with Crippen molar-refractivity contribution < 1.29 is 0 Å². The van der Waals surface area contributed by atoms with Crippen molar-refractivity contribution in [3.05, 3.63) is 40.0 Å². The molecule has 0 aliphatic carbocycles. The summed E-state index contributed by atoms with van der Waals surface area (Å²) in [4.78, 5) is 11.0. The molecule has 1 N–H and O–H groups in total. The van der Waals surface area contributed by atoms with Crippen LogP contribution in [0.1, 0.15) is 0 Å². The van der Waals surface area contributed by atoms with Gasteiger partial charge in [0.25, 0.3) is 5.56 Å². The topological polar surface area (TPSA) is 45.8 Å². The van der Waals surface area contributed by atoms with Crippen molar-refractivity contribution in [2.75, 3.05) is 0 Å². The van der Waals surface area contributed by atoms with Gasteiger partial charge in [0.05, 0.1) is 5.52 Å². The third-order valence-corrected chi connectivity index (χ3v) is 3.08. The third-order valence-electron chi connectivity index (χ3n) is 2.20. The van der Waals surface area contributed by atoms with Crippen molar-refractivity contribution in [3.8, 4) is 0 Å². The number of nitrogens with one attached hydrogen (secondary N) is 1. The fourth-order valence-corrected chi connectivity index (χ4v) is 2.36. The number of rotatable bonds is 0. The number of thiophene rings is 1. The number of hydrogen-bond donors (Lipinski definition) is 1. The van der Waals surface area contributed by atoms with Crippen LogP contribution in [0.3, 0.4) is 0 Å². The molecule has 3 aromatic rings. The number of aromatic nitrogens is 2. The SMILES string of the molecule is O=c1cc2ccc3sccc3c2n[nH]1. The number of H-pyrrole nitrogens is 1. The minimum absolute atomic E-state index is 0.160. The van der Waals surface area contributed by atoms with Crippen LogP contribution in [-0.2, 0) is 0 Å². The lowest BCUT2D eigenvalue weighted by Crippen LogP contribution is -2.05. The molecular formula is C10H6N2OS. The fourth-order valence-electron chi connectivity index (χ4n) is 1.57. The summed E-state index contributed by atoms with van der Waals surface area (Å²) < 4.78 is 1.19. The van der Waals surface area contributed by atoms with Gasteiger partial charge >= 0.3 is 0 Å². The zero-order chi connectivity index (χ0) is 9.54.